The van der Waals surface area contributed by atoms with Gasteiger partial charge < -0.3 is 9.47 Å². The molecule has 3 nitrogen and oxygen atoms in total. The monoisotopic (exact) mass is 730 g/mol. The van der Waals surface area contributed by atoms with Gasteiger partial charge in [-0.05, 0) is 107 Å². The Labute approximate surface area is 330 Å². The minimum Gasteiger partial charge on any atom is -0.340 e. The van der Waals surface area contributed by atoms with Crippen LogP contribution in [0.1, 0.15) is 66.0 Å². The number of hydrogen-bond acceptors (Lipinski definition) is 3. The minimum atomic E-state index is -1.14. The van der Waals surface area contributed by atoms with Gasteiger partial charge in [-0.25, -0.2) is 0 Å². The van der Waals surface area contributed by atoms with Crippen molar-refractivity contribution in [2.45, 2.75) is 16.6 Å². The minimum absolute atomic E-state index is 0.477. The summed E-state index contributed by atoms with van der Waals surface area (Å²) in [4.78, 5) is 12.4. The fourth-order valence-corrected chi connectivity index (χ4v) is 11.6. The van der Waals surface area contributed by atoms with Crippen LogP contribution in [0.3, 0.4) is 0 Å². The van der Waals surface area contributed by atoms with Crippen molar-refractivity contribution >= 4 is 6.29 Å². The summed E-state index contributed by atoms with van der Waals surface area (Å²) in [5.41, 5.74) is 21.3. The van der Waals surface area contributed by atoms with Crippen LogP contribution >= 0.6 is 0 Å². The van der Waals surface area contributed by atoms with Gasteiger partial charge in [-0.1, -0.05) is 158 Å². The third-order valence-corrected chi connectivity index (χ3v) is 13.7. The molecule has 0 bridgehead atoms. The van der Waals surface area contributed by atoms with Crippen molar-refractivity contribution in [3.05, 3.63) is 237 Å². The molecule has 3 heteroatoms. The number of hydrogen-bond donors (Lipinski definition) is 0. The maximum Gasteiger partial charge on any atom is 0.222 e. The number of benzene rings is 8. The molecule has 0 unspecified atom stereocenters. The molecule has 4 aliphatic carbocycles. The summed E-state index contributed by atoms with van der Waals surface area (Å²) in [6.07, 6.45) is 0.963. The lowest BCUT2D eigenvalue weighted by Crippen LogP contribution is -2.32. The summed E-state index contributed by atoms with van der Waals surface area (Å²) in [6.45, 7) is 0.954. The number of fused-ring (bicyclic) bond motifs is 20. The Morgan fingerprint density at radius 3 is 1.05 bits per heavy atom. The standard InChI is InChI=1S/C54H34O3/c55-32-33-21-24-41-43-26-23-35(31-51(43)53(49(41)29-33)47-19-9-3-13-38(47)39-14-4-10-20-48(39)53)54(56-27-28-57-54)34-22-25-42-40-15-5-8-18-46(40)52(50(42)30-34)44-16-6-1-11-36(44)37-12-2-7-17-45(37)52/h1-26,29-32H,27-28H2. The molecule has 1 fully saturated rings. The van der Waals surface area contributed by atoms with Gasteiger partial charge in [-0.15, -0.1) is 0 Å². The molecule has 0 N–H and O–H groups in total. The molecule has 8 aromatic carbocycles. The van der Waals surface area contributed by atoms with Crippen LogP contribution in [0.4, 0.5) is 0 Å². The normalized spacial score (nSPS) is 17.0. The number of carbonyl (C=O) groups is 1. The first-order chi connectivity index (χ1) is 28.2. The summed E-state index contributed by atoms with van der Waals surface area (Å²) in [7, 11) is 0. The van der Waals surface area contributed by atoms with Crippen LogP contribution in [0, 0.1) is 0 Å². The second-order valence-electron chi connectivity index (χ2n) is 16.0. The topological polar surface area (TPSA) is 35.5 Å². The molecule has 0 amide bonds. The van der Waals surface area contributed by atoms with Crippen molar-refractivity contribution in [2.24, 2.45) is 0 Å². The fourth-order valence-electron chi connectivity index (χ4n) is 11.6. The zero-order chi connectivity index (χ0) is 37.5. The molecule has 1 aliphatic heterocycles. The summed E-state index contributed by atoms with van der Waals surface area (Å²) < 4.78 is 13.9. The molecule has 2 spiro atoms. The Balaban J connectivity index is 1.07. The molecular weight excluding hydrogens is 697 g/mol. The lowest BCUT2D eigenvalue weighted by atomic mass is 9.69. The van der Waals surface area contributed by atoms with Crippen LogP contribution in [0.25, 0.3) is 44.5 Å². The molecule has 0 radical (unpaired) electrons. The zero-order valence-corrected chi connectivity index (χ0v) is 31.0. The Kier molecular flexibility index (Phi) is 6.09. The van der Waals surface area contributed by atoms with Crippen molar-refractivity contribution in [2.75, 3.05) is 13.2 Å². The van der Waals surface area contributed by atoms with Crippen molar-refractivity contribution in [3.8, 4) is 44.5 Å². The summed E-state index contributed by atoms with van der Waals surface area (Å²) in [5.74, 6) is -1.14. The molecule has 0 aromatic heterocycles. The highest BCUT2D eigenvalue weighted by Gasteiger charge is 2.55. The van der Waals surface area contributed by atoms with Crippen molar-refractivity contribution in [1.29, 1.82) is 0 Å². The first-order valence-corrected chi connectivity index (χ1v) is 19.9. The Morgan fingerprint density at radius 2 is 0.667 bits per heavy atom. The van der Waals surface area contributed by atoms with E-state index in [-0.39, 0.29) is 0 Å². The quantitative estimate of drug-likeness (QED) is 0.170. The van der Waals surface area contributed by atoms with Crippen LogP contribution in [0.2, 0.25) is 0 Å². The molecular formula is C54H34O3. The molecule has 0 saturated carbocycles. The molecule has 57 heavy (non-hydrogen) atoms. The number of rotatable bonds is 3. The largest absolute Gasteiger partial charge is 0.340 e. The predicted octanol–water partition coefficient (Wildman–Crippen LogP) is 11.4. The van der Waals surface area contributed by atoms with E-state index in [4.69, 9.17) is 9.47 Å². The van der Waals surface area contributed by atoms with E-state index in [1.807, 2.05) is 6.07 Å². The highest BCUT2D eigenvalue weighted by Crippen LogP contribution is 2.65. The van der Waals surface area contributed by atoms with Gasteiger partial charge >= 0.3 is 0 Å². The molecule has 268 valence electrons. The average molecular weight is 731 g/mol. The maximum absolute atomic E-state index is 12.4. The van der Waals surface area contributed by atoms with Gasteiger partial charge in [-0.2, -0.15) is 0 Å². The molecule has 13 rings (SSSR count). The second-order valence-corrected chi connectivity index (χ2v) is 16.0. The van der Waals surface area contributed by atoms with Gasteiger partial charge in [0.2, 0.25) is 5.79 Å². The van der Waals surface area contributed by atoms with Gasteiger partial charge in [0.05, 0.1) is 24.0 Å². The maximum atomic E-state index is 12.4. The highest BCUT2D eigenvalue weighted by molar-refractivity contribution is 5.97. The SMILES string of the molecule is O=Cc1ccc2c(c1)C1(c3ccccc3-c3ccccc31)c1cc(C3(c4ccc5c(c4)C4(c6ccccc6-c6ccccc64)c4ccccc4-5)OCCO3)ccc1-2. The van der Waals surface area contributed by atoms with Crippen LogP contribution < -0.4 is 0 Å². The Morgan fingerprint density at radius 1 is 0.351 bits per heavy atom. The van der Waals surface area contributed by atoms with E-state index in [9.17, 15) is 4.79 Å². The number of ether oxygens (including phenoxy) is 2. The molecule has 5 aliphatic rings. The second kappa shape index (κ2) is 11.0. The lowest BCUT2D eigenvalue weighted by Gasteiger charge is -2.34. The van der Waals surface area contributed by atoms with Gasteiger partial charge in [0.15, 0.2) is 0 Å². The first-order valence-electron chi connectivity index (χ1n) is 19.9. The van der Waals surface area contributed by atoms with Crippen molar-refractivity contribution < 1.29 is 14.3 Å². The number of aldehydes is 1. The van der Waals surface area contributed by atoms with E-state index < -0.39 is 16.6 Å². The molecule has 0 atom stereocenters. The van der Waals surface area contributed by atoms with E-state index in [1.165, 1.54) is 72.3 Å². The van der Waals surface area contributed by atoms with E-state index in [0.29, 0.717) is 18.8 Å². The Hall–Kier alpha value is -6.65. The Bertz CT molecular complexity index is 2960. The van der Waals surface area contributed by atoms with Gasteiger partial charge in [0, 0.05) is 16.7 Å². The van der Waals surface area contributed by atoms with E-state index in [2.05, 4.69) is 170 Å². The van der Waals surface area contributed by atoms with Crippen LogP contribution in [-0.4, -0.2) is 19.5 Å². The van der Waals surface area contributed by atoms with Crippen LogP contribution in [0.5, 0.6) is 0 Å². The van der Waals surface area contributed by atoms with E-state index in [0.717, 1.165) is 34.1 Å². The fraction of sp³-hybridized carbons (Fsp3) is 0.0926. The van der Waals surface area contributed by atoms with Gasteiger partial charge in [0.1, 0.15) is 6.29 Å². The average Bonchev–Trinajstić information content (AvgIpc) is 4.08. The number of carbonyl (C=O) groups excluding carboxylic acids is 1. The zero-order valence-electron chi connectivity index (χ0n) is 31.0. The highest BCUT2D eigenvalue weighted by atomic mass is 16.7. The first kappa shape index (κ1) is 31.5. The van der Waals surface area contributed by atoms with Crippen molar-refractivity contribution in [1.82, 2.24) is 0 Å². The van der Waals surface area contributed by atoms with Gasteiger partial charge in [0.25, 0.3) is 0 Å². The van der Waals surface area contributed by atoms with Crippen molar-refractivity contribution in [3.63, 3.8) is 0 Å². The van der Waals surface area contributed by atoms with E-state index >= 15 is 0 Å². The summed E-state index contributed by atoms with van der Waals surface area (Å²) in [5, 5.41) is 0. The summed E-state index contributed by atoms with van der Waals surface area (Å²) >= 11 is 0. The molecule has 1 heterocycles. The van der Waals surface area contributed by atoms with E-state index in [1.54, 1.807) is 0 Å². The lowest BCUT2D eigenvalue weighted by molar-refractivity contribution is -0.130. The van der Waals surface area contributed by atoms with Crippen LogP contribution in [0.15, 0.2) is 176 Å². The molecule has 1 saturated heterocycles. The third kappa shape index (κ3) is 3.64. The van der Waals surface area contributed by atoms with Crippen LogP contribution in [-0.2, 0) is 26.1 Å². The van der Waals surface area contributed by atoms with Gasteiger partial charge in [-0.3, -0.25) is 4.79 Å². The predicted molar refractivity (Wildman–Crippen MR) is 224 cm³/mol. The molecule has 8 aromatic rings. The smallest absolute Gasteiger partial charge is 0.222 e. The summed E-state index contributed by atoms with van der Waals surface area (Å²) in [6, 6.07) is 64.2. The third-order valence-electron chi connectivity index (χ3n) is 13.7.